The lowest BCUT2D eigenvalue weighted by Gasteiger charge is -2.49. The fourth-order valence-corrected chi connectivity index (χ4v) is 6.08. The minimum atomic E-state index is -0.129. The van der Waals surface area contributed by atoms with E-state index < -0.39 is 0 Å². The molecule has 1 aromatic carbocycles. The first-order chi connectivity index (χ1) is 16.5. The highest BCUT2D eigenvalue weighted by atomic mass is 16.5. The topological polar surface area (TPSA) is 81.7 Å². The van der Waals surface area contributed by atoms with Crippen molar-refractivity contribution in [3.05, 3.63) is 29.8 Å². The molecule has 2 fully saturated rings. The fraction of sp³-hybridized carbons (Fsp3) is 0.630. The van der Waals surface area contributed by atoms with Crippen molar-refractivity contribution in [2.24, 2.45) is 17.8 Å². The quantitative estimate of drug-likeness (QED) is 0.573. The van der Waals surface area contributed by atoms with Crippen LogP contribution in [0.1, 0.15) is 45.1 Å². The molecule has 7 nitrogen and oxygen atoms in total. The van der Waals surface area contributed by atoms with Gasteiger partial charge in [0, 0.05) is 38.1 Å². The third-order valence-electron chi connectivity index (χ3n) is 7.76. The average molecular weight is 470 g/mol. The van der Waals surface area contributed by atoms with Crippen LogP contribution in [-0.4, -0.2) is 57.0 Å². The van der Waals surface area contributed by atoms with Crippen LogP contribution in [-0.2, 0) is 20.7 Å². The zero-order chi connectivity index (χ0) is 24.2. The maximum absolute atomic E-state index is 13.5. The van der Waals surface area contributed by atoms with Gasteiger partial charge >= 0.3 is 0 Å². The van der Waals surface area contributed by atoms with Crippen molar-refractivity contribution < 1.29 is 19.0 Å². The molecule has 1 amide bonds. The van der Waals surface area contributed by atoms with Crippen molar-refractivity contribution in [3.63, 3.8) is 0 Å². The number of nitrogens with one attached hydrogen (secondary N) is 2. The highest BCUT2D eigenvalue weighted by molar-refractivity contribution is 5.84. The van der Waals surface area contributed by atoms with Crippen LogP contribution >= 0.6 is 0 Å². The minimum Gasteiger partial charge on any atom is -0.497 e. The zero-order valence-corrected chi connectivity index (χ0v) is 21.1. The Morgan fingerprint density at radius 2 is 1.79 bits per heavy atom. The number of rotatable bonds is 9. The molecule has 2 aromatic rings. The number of ether oxygens (including phenoxy) is 3. The standard InChI is InChI=1S/C27H39N3O4/c1-6-8-23-20-15-25(34-5)24(33-4)14-19(20)21(27(31)30-23)13-17-11-16-12-18(32-3)9-10-22(16)29-26(17)28-7-2/h9-12,19-21,23-25H,6-8,13-15H2,1-5H3,(H,28,29)(H,30,31). The van der Waals surface area contributed by atoms with Gasteiger partial charge in [-0.2, -0.15) is 0 Å². The first-order valence-corrected chi connectivity index (χ1v) is 12.6. The Morgan fingerprint density at radius 3 is 2.44 bits per heavy atom. The average Bonchev–Trinajstić information content (AvgIpc) is 2.85. The number of carbonyl (C=O) groups is 1. The molecule has 1 saturated carbocycles. The second-order valence-corrected chi connectivity index (χ2v) is 9.65. The van der Waals surface area contributed by atoms with Gasteiger partial charge in [0.2, 0.25) is 5.91 Å². The lowest BCUT2D eigenvalue weighted by atomic mass is 9.63. The predicted octanol–water partition coefficient (Wildman–Crippen LogP) is 4.19. The summed E-state index contributed by atoms with van der Waals surface area (Å²) in [6, 6.07) is 8.27. The first-order valence-electron chi connectivity index (χ1n) is 12.6. The molecule has 4 rings (SSSR count). The Morgan fingerprint density at radius 1 is 1.06 bits per heavy atom. The third-order valence-corrected chi connectivity index (χ3v) is 7.76. The van der Waals surface area contributed by atoms with E-state index in [1.54, 1.807) is 21.3 Å². The number of methoxy groups -OCH3 is 3. The monoisotopic (exact) mass is 469 g/mol. The van der Waals surface area contributed by atoms with Gasteiger partial charge in [-0.1, -0.05) is 13.3 Å². The summed E-state index contributed by atoms with van der Waals surface area (Å²) in [6.45, 7) is 5.02. The molecule has 6 atom stereocenters. The van der Waals surface area contributed by atoms with Gasteiger partial charge in [0.05, 0.1) is 24.8 Å². The Hall–Kier alpha value is -2.38. The number of nitrogens with zero attached hydrogens (tertiary/aromatic N) is 1. The van der Waals surface area contributed by atoms with Crippen LogP contribution in [0.25, 0.3) is 10.9 Å². The van der Waals surface area contributed by atoms with Crippen LogP contribution in [0.2, 0.25) is 0 Å². The van der Waals surface area contributed by atoms with E-state index in [0.29, 0.717) is 12.3 Å². The van der Waals surface area contributed by atoms with Crippen molar-refractivity contribution in [2.45, 2.75) is 64.2 Å². The number of carbonyl (C=O) groups excluding carboxylic acids is 1. The molecule has 0 bridgehead atoms. The van der Waals surface area contributed by atoms with Gasteiger partial charge in [-0.15, -0.1) is 0 Å². The molecule has 34 heavy (non-hydrogen) atoms. The van der Waals surface area contributed by atoms with Gasteiger partial charge in [0.25, 0.3) is 0 Å². The lowest BCUT2D eigenvalue weighted by Crippen LogP contribution is -2.59. The third kappa shape index (κ3) is 4.86. The Bertz CT molecular complexity index is 997. The number of anilines is 1. The van der Waals surface area contributed by atoms with E-state index in [-0.39, 0.29) is 36.0 Å². The molecule has 1 aliphatic carbocycles. The summed E-state index contributed by atoms with van der Waals surface area (Å²) in [5.74, 6) is 2.31. The number of amides is 1. The summed E-state index contributed by atoms with van der Waals surface area (Å²) < 4.78 is 17.0. The molecule has 7 heteroatoms. The van der Waals surface area contributed by atoms with E-state index in [2.05, 4.69) is 30.5 Å². The van der Waals surface area contributed by atoms with Crippen LogP contribution in [0.4, 0.5) is 5.82 Å². The summed E-state index contributed by atoms with van der Waals surface area (Å²) in [5, 5.41) is 7.81. The summed E-state index contributed by atoms with van der Waals surface area (Å²) >= 11 is 0. The first kappa shape index (κ1) is 24.7. The molecular formula is C27H39N3O4. The molecule has 1 aliphatic heterocycles. The van der Waals surface area contributed by atoms with E-state index in [4.69, 9.17) is 19.2 Å². The molecular weight excluding hydrogens is 430 g/mol. The van der Waals surface area contributed by atoms with E-state index in [1.807, 2.05) is 18.2 Å². The van der Waals surface area contributed by atoms with Crippen molar-refractivity contribution in [3.8, 4) is 5.75 Å². The van der Waals surface area contributed by atoms with Gasteiger partial charge in [-0.25, -0.2) is 4.98 Å². The van der Waals surface area contributed by atoms with Crippen molar-refractivity contribution in [2.75, 3.05) is 33.2 Å². The minimum absolute atomic E-state index is 0.00848. The largest absolute Gasteiger partial charge is 0.497 e. The fourth-order valence-electron chi connectivity index (χ4n) is 6.08. The zero-order valence-electron chi connectivity index (χ0n) is 21.1. The molecule has 1 aromatic heterocycles. The van der Waals surface area contributed by atoms with Crippen molar-refractivity contribution in [1.29, 1.82) is 0 Å². The second kappa shape index (κ2) is 10.9. The normalized spacial score (nSPS) is 28.9. The second-order valence-electron chi connectivity index (χ2n) is 9.65. The molecule has 2 heterocycles. The van der Waals surface area contributed by atoms with Gasteiger partial charge in [0.1, 0.15) is 11.6 Å². The number of benzene rings is 1. The molecule has 1 saturated heterocycles. The van der Waals surface area contributed by atoms with Crippen LogP contribution in [0, 0.1) is 17.8 Å². The van der Waals surface area contributed by atoms with Gasteiger partial charge in [0.15, 0.2) is 0 Å². The van der Waals surface area contributed by atoms with Gasteiger partial charge < -0.3 is 24.8 Å². The summed E-state index contributed by atoms with van der Waals surface area (Å²) in [6.07, 6.45) is 4.50. The van der Waals surface area contributed by atoms with Gasteiger partial charge in [-0.3, -0.25) is 4.79 Å². The predicted molar refractivity (Wildman–Crippen MR) is 134 cm³/mol. The van der Waals surface area contributed by atoms with E-state index in [9.17, 15) is 4.79 Å². The molecule has 2 aliphatic rings. The number of fused-ring (bicyclic) bond motifs is 2. The smallest absolute Gasteiger partial charge is 0.223 e. The molecule has 6 unspecified atom stereocenters. The highest BCUT2D eigenvalue weighted by Crippen LogP contribution is 2.44. The maximum atomic E-state index is 13.5. The Labute approximate surface area is 202 Å². The van der Waals surface area contributed by atoms with Crippen LogP contribution < -0.4 is 15.4 Å². The number of aromatic nitrogens is 1. The number of hydrogen-bond acceptors (Lipinski definition) is 6. The van der Waals surface area contributed by atoms with E-state index >= 15 is 0 Å². The number of pyridine rings is 1. The van der Waals surface area contributed by atoms with Crippen LogP contribution in [0.5, 0.6) is 5.75 Å². The highest BCUT2D eigenvalue weighted by Gasteiger charge is 2.49. The SMILES string of the molecule is CCCC1NC(=O)C(Cc2cc3cc(OC)ccc3nc2NCC)C2CC(OC)C(OC)CC12. The van der Waals surface area contributed by atoms with Crippen molar-refractivity contribution in [1.82, 2.24) is 10.3 Å². The van der Waals surface area contributed by atoms with Crippen molar-refractivity contribution >= 4 is 22.6 Å². The van der Waals surface area contributed by atoms with Crippen LogP contribution in [0.3, 0.4) is 0 Å². The number of hydrogen-bond donors (Lipinski definition) is 2. The Balaban J connectivity index is 1.69. The summed E-state index contributed by atoms with van der Waals surface area (Å²) in [7, 11) is 5.19. The lowest BCUT2D eigenvalue weighted by molar-refractivity contribution is -0.144. The molecule has 0 spiro atoms. The number of piperidine rings is 1. The summed E-state index contributed by atoms with van der Waals surface area (Å²) in [4.78, 5) is 18.4. The molecule has 2 N–H and O–H groups in total. The van der Waals surface area contributed by atoms with E-state index in [1.165, 1.54) is 0 Å². The van der Waals surface area contributed by atoms with Crippen LogP contribution in [0.15, 0.2) is 24.3 Å². The molecule has 0 radical (unpaired) electrons. The molecule has 186 valence electrons. The maximum Gasteiger partial charge on any atom is 0.223 e. The van der Waals surface area contributed by atoms with E-state index in [0.717, 1.165) is 60.3 Å². The Kier molecular flexibility index (Phi) is 7.94. The summed E-state index contributed by atoms with van der Waals surface area (Å²) in [5.41, 5.74) is 1.98. The van der Waals surface area contributed by atoms with Gasteiger partial charge in [-0.05, 0) is 74.3 Å².